The van der Waals surface area contributed by atoms with Crippen molar-refractivity contribution in [1.82, 2.24) is 4.90 Å². The number of para-hydroxylation sites is 1. The SMILES string of the molecule is CSc1ccccc1NC(=O)CN(C)C(=O)COC(=O)c1ccc2c(c1)CCC2. The number of ether oxygens (including phenoxy) is 1. The number of likely N-dealkylation sites (N-methyl/N-ethyl adjacent to an activating group) is 1. The minimum Gasteiger partial charge on any atom is -0.452 e. The molecule has 2 aromatic rings. The van der Waals surface area contributed by atoms with Gasteiger partial charge in [0.1, 0.15) is 0 Å². The molecule has 2 aromatic carbocycles. The van der Waals surface area contributed by atoms with Gasteiger partial charge in [0.25, 0.3) is 5.91 Å². The minimum atomic E-state index is -0.528. The van der Waals surface area contributed by atoms with E-state index in [2.05, 4.69) is 5.32 Å². The third-order valence-electron chi connectivity index (χ3n) is 4.85. The highest BCUT2D eigenvalue weighted by Crippen LogP contribution is 2.24. The molecular formula is C22H24N2O4S. The van der Waals surface area contributed by atoms with Crippen LogP contribution in [0.2, 0.25) is 0 Å². The Morgan fingerprint density at radius 2 is 1.86 bits per heavy atom. The van der Waals surface area contributed by atoms with Crippen molar-refractivity contribution in [1.29, 1.82) is 0 Å². The molecule has 29 heavy (non-hydrogen) atoms. The third kappa shape index (κ3) is 5.38. The Morgan fingerprint density at radius 1 is 1.10 bits per heavy atom. The molecule has 1 aliphatic rings. The van der Waals surface area contributed by atoms with Crippen LogP contribution in [0.3, 0.4) is 0 Å². The maximum atomic E-state index is 12.2. The molecule has 7 heteroatoms. The van der Waals surface area contributed by atoms with Crippen LogP contribution in [0.25, 0.3) is 0 Å². The van der Waals surface area contributed by atoms with Gasteiger partial charge in [0.2, 0.25) is 5.91 Å². The predicted molar refractivity (Wildman–Crippen MR) is 113 cm³/mol. The molecule has 0 saturated heterocycles. The normalized spacial score (nSPS) is 12.2. The van der Waals surface area contributed by atoms with Crippen LogP contribution in [0.5, 0.6) is 0 Å². The molecule has 0 aliphatic heterocycles. The quantitative estimate of drug-likeness (QED) is 0.559. The monoisotopic (exact) mass is 412 g/mol. The van der Waals surface area contributed by atoms with Crippen LogP contribution in [0.4, 0.5) is 5.69 Å². The Morgan fingerprint density at radius 3 is 2.66 bits per heavy atom. The summed E-state index contributed by atoms with van der Waals surface area (Å²) in [5.74, 6) is -1.28. The Labute approximate surface area is 174 Å². The molecule has 0 radical (unpaired) electrons. The molecule has 0 saturated carbocycles. The van der Waals surface area contributed by atoms with Gasteiger partial charge in [0, 0.05) is 11.9 Å². The van der Waals surface area contributed by atoms with Crippen LogP contribution in [0.1, 0.15) is 27.9 Å². The zero-order valence-electron chi connectivity index (χ0n) is 16.6. The number of benzene rings is 2. The lowest BCUT2D eigenvalue weighted by atomic mass is 10.1. The van der Waals surface area contributed by atoms with E-state index in [4.69, 9.17) is 4.74 Å². The van der Waals surface area contributed by atoms with Crippen LogP contribution < -0.4 is 5.32 Å². The number of carbonyl (C=O) groups excluding carboxylic acids is 3. The van der Waals surface area contributed by atoms with Crippen molar-refractivity contribution in [2.75, 3.05) is 31.8 Å². The number of hydrogen-bond acceptors (Lipinski definition) is 5. The van der Waals surface area contributed by atoms with Gasteiger partial charge in [-0.25, -0.2) is 4.79 Å². The molecule has 1 aliphatic carbocycles. The average molecular weight is 413 g/mol. The summed E-state index contributed by atoms with van der Waals surface area (Å²) in [6, 6.07) is 13.0. The number of anilines is 1. The van der Waals surface area contributed by atoms with E-state index in [0.29, 0.717) is 11.3 Å². The van der Waals surface area contributed by atoms with Crippen molar-refractivity contribution < 1.29 is 19.1 Å². The van der Waals surface area contributed by atoms with Crippen molar-refractivity contribution >= 4 is 35.2 Å². The molecule has 0 fully saturated rings. The van der Waals surface area contributed by atoms with E-state index in [9.17, 15) is 14.4 Å². The summed E-state index contributed by atoms with van der Waals surface area (Å²) in [4.78, 5) is 38.9. The Balaban J connectivity index is 1.48. The maximum Gasteiger partial charge on any atom is 0.338 e. The molecule has 6 nitrogen and oxygen atoms in total. The van der Waals surface area contributed by atoms with Crippen molar-refractivity contribution in [2.45, 2.75) is 24.2 Å². The number of esters is 1. The highest BCUT2D eigenvalue weighted by Gasteiger charge is 2.18. The van der Waals surface area contributed by atoms with Gasteiger partial charge in [-0.05, 0) is 60.9 Å². The minimum absolute atomic E-state index is 0.127. The van der Waals surface area contributed by atoms with Gasteiger partial charge in [-0.15, -0.1) is 11.8 Å². The molecule has 1 N–H and O–H groups in total. The second-order valence-corrected chi connectivity index (χ2v) is 7.76. The summed E-state index contributed by atoms with van der Waals surface area (Å²) < 4.78 is 5.14. The Hall–Kier alpha value is -2.80. The van der Waals surface area contributed by atoms with Crippen LogP contribution in [-0.4, -0.2) is 49.1 Å². The summed E-state index contributed by atoms with van der Waals surface area (Å²) in [6.45, 7) is -0.529. The molecule has 0 atom stereocenters. The fourth-order valence-electron chi connectivity index (χ4n) is 3.26. The van der Waals surface area contributed by atoms with Crippen LogP contribution in [-0.2, 0) is 27.2 Å². The summed E-state index contributed by atoms with van der Waals surface area (Å²) >= 11 is 1.53. The van der Waals surface area contributed by atoms with E-state index in [1.807, 2.05) is 42.7 Å². The van der Waals surface area contributed by atoms with Gasteiger partial charge in [0.15, 0.2) is 6.61 Å². The number of amides is 2. The van der Waals surface area contributed by atoms with E-state index in [1.54, 1.807) is 6.07 Å². The fourth-order valence-corrected chi connectivity index (χ4v) is 3.81. The zero-order valence-corrected chi connectivity index (χ0v) is 17.4. The summed E-state index contributed by atoms with van der Waals surface area (Å²) in [6.07, 6.45) is 5.03. The first-order chi connectivity index (χ1) is 14.0. The number of fused-ring (bicyclic) bond motifs is 1. The van der Waals surface area contributed by atoms with E-state index in [0.717, 1.165) is 24.2 Å². The standard InChI is InChI=1S/C22H24N2O4S/c1-24(13-20(25)23-18-8-3-4-9-19(18)29-2)21(26)14-28-22(27)17-11-10-15-6-5-7-16(15)12-17/h3-4,8-12H,5-7,13-14H2,1-2H3,(H,23,25). The van der Waals surface area contributed by atoms with E-state index in [1.165, 1.54) is 34.8 Å². The summed E-state index contributed by atoms with van der Waals surface area (Å²) in [5, 5.41) is 2.80. The van der Waals surface area contributed by atoms with E-state index < -0.39 is 18.5 Å². The molecule has 0 bridgehead atoms. The van der Waals surface area contributed by atoms with Gasteiger partial charge in [-0.1, -0.05) is 18.2 Å². The molecule has 0 unspecified atom stereocenters. The number of rotatable bonds is 7. The summed E-state index contributed by atoms with van der Waals surface area (Å²) in [5.41, 5.74) is 3.60. The van der Waals surface area contributed by atoms with E-state index in [-0.39, 0.29) is 12.5 Å². The second-order valence-electron chi connectivity index (χ2n) is 6.91. The van der Waals surface area contributed by atoms with Gasteiger partial charge >= 0.3 is 5.97 Å². The molecule has 3 rings (SSSR count). The Bertz CT molecular complexity index is 929. The van der Waals surface area contributed by atoms with E-state index >= 15 is 0 Å². The van der Waals surface area contributed by atoms with Crippen molar-refractivity contribution in [3.63, 3.8) is 0 Å². The number of carbonyl (C=O) groups is 3. The van der Waals surface area contributed by atoms with Gasteiger partial charge in [0.05, 0.1) is 17.8 Å². The molecular weight excluding hydrogens is 388 g/mol. The second kappa shape index (κ2) is 9.60. The number of nitrogens with zero attached hydrogens (tertiary/aromatic N) is 1. The average Bonchev–Trinajstić information content (AvgIpc) is 3.19. The largest absolute Gasteiger partial charge is 0.452 e. The lowest BCUT2D eigenvalue weighted by Crippen LogP contribution is -2.37. The first-order valence-electron chi connectivity index (χ1n) is 9.43. The first kappa shape index (κ1) is 20.9. The summed E-state index contributed by atoms with van der Waals surface area (Å²) in [7, 11) is 1.51. The Kier molecular flexibility index (Phi) is 6.93. The first-order valence-corrected chi connectivity index (χ1v) is 10.7. The van der Waals surface area contributed by atoms with Crippen molar-refractivity contribution in [3.05, 3.63) is 59.2 Å². The maximum absolute atomic E-state index is 12.2. The number of hydrogen-bond donors (Lipinski definition) is 1. The highest BCUT2D eigenvalue weighted by atomic mass is 32.2. The molecule has 152 valence electrons. The lowest BCUT2D eigenvalue weighted by Gasteiger charge is -2.17. The van der Waals surface area contributed by atoms with Crippen LogP contribution in [0, 0.1) is 0 Å². The topological polar surface area (TPSA) is 75.7 Å². The fraction of sp³-hybridized carbons (Fsp3) is 0.318. The smallest absolute Gasteiger partial charge is 0.338 e. The van der Waals surface area contributed by atoms with Gasteiger partial charge < -0.3 is 15.0 Å². The zero-order chi connectivity index (χ0) is 20.8. The molecule has 0 aromatic heterocycles. The lowest BCUT2D eigenvalue weighted by molar-refractivity contribution is -0.136. The number of nitrogens with one attached hydrogen (secondary N) is 1. The predicted octanol–water partition coefficient (Wildman–Crippen LogP) is 3.15. The number of aryl methyl sites for hydroxylation is 2. The highest BCUT2D eigenvalue weighted by molar-refractivity contribution is 7.98. The van der Waals surface area contributed by atoms with Crippen molar-refractivity contribution in [3.8, 4) is 0 Å². The van der Waals surface area contributed by atoms with Crippen LogP contribution >= 0.6 is 11.8 Å². The van der Waals surface area contributed by atoms with Gasteiger partial charge in [-0.2, -0.15) is 0 Å². The molecule has 0 heterocycles. The molecule has 2 amide bonds. The molecule has 0 spiro atoms. The van der Waals surface area contributed by atoms with Crippen LogP contribution in [0.15, 0.2) is 47.4 Å². The van der Waals surface area contributed by atoms with Crippen molar-refractivity contribution in [2.24, 2.45) is 0 Å². The van der Waals surface area contributed by atoms with Gasteiger partial charge in [-0.3, -0.25) is 9.59 Å². The number of thioether (sulfide) groups is 1. The third-order valence-corrected chi connectivity index (χ3v) is 5.64.